The van der Waals surface area contributed by atoms with Crippen LogP contribution in [0.5, 0.6) is 0 Å². The van der Waals surface area contributed by atoms with Gasteiger partial charge in [0.25, 0.3) is 0 Å². The molecule has 0 bridgehead atoms. The van der Waals surface area contributed by atoms with Gasteiger partial charge in [-0.3, -0.25) is 9.69 Å². The number of nitrogens with zero attached hydrogens (tertiary/aromatic N) is 1. The fourth-order valence-corrected chi connectivity index (χ4v) is 2.17. The predicted octanol–water partition coefficient (Wildman–Crippen LogP) is 0.456. The highest BCUT2D eigenvalue weighted by molar-refractivity contribution is 6.01. The van der Waals surface area contributed by atoms with Gasteiger partial charge in [-0.15, -0.1) is 0 Å². The fourth-order valence-electron chi connectivity index (χ4n) is 2.17. The number of carbonyl (C=O) groups excluding carboxylic acids is 2. The third kappa shape index (κ3) is 4.24. The second-order valence-electron chi connectivity index (χ2n) is 4.76. The molecule has 1 aliphatic heterocycles. The lowest BCUT2D eigenvalue weighted by atomic mass is 10.1. The van der Waals surface area contributed by atoms with Gasteiger partial charge in [-0.05, 0) is 18.2 Å². The number of piperazine rings is 1. The number of rotatable bonds is 4. The first-order valence-electron chi connectivity index (χ1n) is 6.71. The molecule has 1 aromatic rings. The van der Waals surface area contributed by atoms with Crippen LogP contribution in [0.4, 0.5) is 10.1 Å². The van der Waals surface area contributed by atoms with Crippen LogP contribution < -0.4 is 10.6 Å². The number of hydrogen-bond donors (Lipinski definition) is 2. The van der Waals surface area contributed by atoms with Crippen molar-refractivity contribution in [3.63, 3.8) is 0 Å². The van der Waals surface area contributed by atoms with E-state index < -0.39 is 11.8 Å². The summed E-state index contributed by atoms with van der Waals surface area (Å²) in [5.74, 6) is -1.49. The zero-order valence-electron chi connectivity index (χ0n) is 11.8. The van der Waals surface area contributed by atoms with Gasteiger partial charge in [0, 0.05) is 26.2 Å². The number of ether oxygens (including phenoxy) is 1. The number of amides is 1. The van der Waals surface area contributed by atoms with Crippen LogP contribution >= 0.6 is 0 Å². The highest BCUT2D eigenvalue weighted by Crippen LogP contribution is 2.18. The van der Waals surface area contributed by atoms with Crippen molar-refractivity contribution in [3.05, 3.63) is 29.6 Å². The average Bonchev–Trinajstić information content (AvgIpc) is 2.49. The number of hydrogen-bond acceptors (Lipinski definition) is 5. The maximum Gasteiger partial charge on any atom is 0.340 e. The average molecular weight is 295 g/mol. The van der Waals surface area contributed by atoms with Gasteiger partial charge < -0.3 is 15.4 Å². The molecule has 7 heteroatoms. The van der Waals surface area contributed by atoms with Crippen molar-refractivity contribution < 1.29 is 18.7 Å². The molecular weight excluding hydrogens is 277 g/mol. The van der Waals surface area contributed by atoms with Crippen LogP contribution in [0.1, 0.15) is 10.4 Å². The molecule has 0 aliphatic carbocycles. The molecule has 114 valence electrons. The zero-order chi connectivity index (χ0) is 15.2. The van der Waals surface area contributed by atoms with E-state index >= 15 is 0 Å². The first kappa shape index (κ1) is 15.4. The molecule has 1 fully saturated rings. The van der Waals surface area contributed by atoms with Gasteiger partial charge in [0.2, 0.25) is 5.91 Å². The third-order valence-corrected chi connectivity index (χ3v) is 3.24. The highest BCUT2D eigenvalue weighted by Gasteiger charge is 2.17. The second-order valence-corrected chi connectivity index (χ2v) is 4.76. The van der Waals surface area contributed by atoms with Crippen molar-refractivity contribution in [3.8, 4) is 0 Å². The van der Waals surface area contributed by atoms with Gasteiger partial charge in [-0.1, -0.05) is 0 Å². The van der Waals surface area contributed by atoms with Crippen LogP contribution in [0.2, 0.25) is 0 Å². The molecule has 2 rings (SSSR count). The minimum Gasteiger partial charge on any atom is -0.465 e. The molecular formula is C14H18FN3O3. The summed E-state index contributed by atoms with van der Waals surface area (Å²) in [6.45, 7) is 3.51. The van der Waals surface area contributed by atoms with E-state index in [9.17, 15) is 14.0 Å². The van der Waals surface area contributed by atoms with Gasteiger partial charge >= 0.3 is 5.97 Å². The Bertz CT molecular complexity index is 530. The standard InChI is InChI=1S/C14H18FN3O3/c1-21-14(20)11-8-10(15)2-3-12(11)17-13(19)9-18-6-4-16-5-7-18/h2-3,8,16H,4-7,9H2,1H3,(H,17,19). The number of esters is 1. The van der Waals surface area contributed by atoms with Crippen LogP contribution in [0.15, 0.2) is 18.2 Å². The molecule has 0 unspecified atom stereocenters. The maximum atomic E-state index is 13.2. The van der Waals surface area contributed by atoms with Crippen molar-refractivity contribution in [2.45, 2.75) is 0 Å². The van der Waals surface area contributed by atoms with E-state index in [2.05, 4.69) is 15.4 Å². The summed E-state index contributed by atoms with van der Waals surface area (Å²) in [6, 6.07) is 3.59. The molecule has 0 aromatic heterocycles. The zero-order valence-corrected chi connectivity index (χ0v) is 11.8. The third-order valence-electron chi connectivity index (χ3n) is 3.24. The lowest BCUT2D eigenvalue weighted by Gasteiger charge is -2.26. The van der Waals surface area contributed by atoms with E-state index in [1.54, 1.807) is 0 Å². The second kappa shape index (κ2) is 7.14. The first-order valence-corrected chi connectivity index (χ1v) is 6.71. The van der Waals surface area contributed by atoms with E-state index in [1.165, 1.54) is 19.2 Å². The van der Waals surface area contributed by atoms with Gasteiger partial charge in [0.1, 0.15) is 5.82 Å². The molecule has 1 aromatic carbocycles. The molecule has 0 saturated carbocycles. The molecule has 2 N–H and O–H groups in total. The van der Waals surface area contributed by atoms with Crippen molar-refractivity contribution in [1.29, 1.82) is 0 Å². The molecule has 1 aliphatic rings. The van der Waals surface area contributed by atoms with E-state index in [1.807, 2.05) is 4.90 Å². The Hall–Kier alpha value is -1.99. The van der Waals surface area contributed by atoms with Crippen LogP contribution in [0, 0.1) is 5.82 Å². The van der Waals surface area contributed by atoms with E-state index in [4.69, 9.17) is 0 Å². The minimum atomic E-state index is -0.688. The lowest BCUT2D eigenvalue weighted by Crippen LogP contribution is -2.46. The summed E-state index contributed by atoms with van der Waals surface area (Å²) in [5.41, 5.74) is 0.259. The Kier molecular flexibility index (Phi) is 5.24. The molecule has 0 radical (unpaired) electrons. The van der Waals surface area contributed by atoms with Crippen LogP contribution in [-0.2, 0) is 9.53 Å². The highest BCUT2D eigenvalue weighted by atomic mass is 19.1. The van der Waals surface area contributed by atoms with Gasteiger partial charge in [-0.25, -0.2) is 9.18 Å². The Morgan fingerprint density at radius 2 is 2.10 bits per heavy atom. The predicted molar refractivity (Wildman–Crippen MR) is 75.7 cm³/mol. The monoisotopic (exact) mass is 295 g/mol. The molecule has 1 heterocycles. The van der Waals surface area contributed by atoms with Gasteiger partial charge in [0.15, 0.2) is 0 Å². The summed E-state index contributed by atoms with van der Waals surface area (Å²) < 4.78 is 17.8. The van der Waals surface area contributed by atoms with Crippen LogP contribution in [0.3, 0.4) is 0 Å². The van der Waals surface area contributed by atoms with Gasteiger partial charge in [0.05, 0.1) is 24.9 Å². The lowest BCUT2D eigenvalue weighted by molar-refractivity contribution is -0.117. The minimum absolute atomic E-state index is 0.00570. The number of nitrogens with one attached hydrogen (secondary N) is 2. The van der Waals surface area contributed by atoms with E-state index in [-0.39, 0.29) is 23.7 Å². The van der Waals surface area contributed by atoms with Crippen molar-refractivity contribution >= 4 is 17.6 Å². The molecule has 0 atom stereocenters. The van der Waals surface area contributed by atoms with Crippen molar-refractivity contribution in [1.82, 2.24) is 10.2 Å². The quantitative estimate of drug-likeness (QED) is 0.790. The Labute approximate surface area is 122 Å². The summed E-state index contributed by atoms with van der Waals surface area (Å²) in [7, 11) is 1.21. The summed E-state index contributed by atoms with van der Waals surface area (Å²) in [5, 5.41) is 5.83. The SMILES string of the molecule is COC(=O)c1cc(F)ccc1NC(=O)CN1CCNCC1. The van der Waals surface area contributed by atoms with Gasteiger partial charge in [-0.2, -0.15) is 0 Å². The van der Waals surface area contributed by atoms with Crippen LogP contribution in [-0.4, -0.2) is 56.6 Å². The first-order chi connectivity index (χ1) is 10.1. The summed E-state index contributed by atoms with van der Waals surface area (Å²) >= 11 is 0. The number of anilines is 1. The molecule has 6 nitrogen and oxygen atoms in total. The summed E-state index contributed by atoms with van der Waals surface area (Å²) in [6.07, 6.45) is 0. The Balaban J connectivity index is 2.04. The number of methoxy groups -OCH3 is 1. The van der Waals surface area contributed by atoms with E-state index in [0.29, 0.717) is 0 Å². The molecule has 1 saturated heterocycles. The molecule has 21 heavy (non-hydrogen) atoms. The normalized spacial score (nSPS) is 15.5. The Morgan fingerprint density at radius 1 is 1.38 bits per heavy atom. The van der Waals surface area contributed by atoms with Crippen molar-refractivity contribution in [2.24, 2.45) is 0 Å². The summed E-state index contributed by atoms with van der Waals surface area (Å²) in [4.78, 5) is 25.6. The van der Waals surface area contributed by atoms with Crippen LogP contribution in [0.25, 0.3) is 0 Å². The maximum absolute atomic E-state index is 13.2. The Morgan fingerprint density at radius 3 is 2.76 bits per heavy atom. The topological polar surface area (TPSA) is 70.7 Å². The molecule has 1 amide bonds. The fraction of sp³-hybridized carbons (Fsp3) is 0.429. The van der Waals surface area contributed by atoms with E-state index in [0.717, 1.165) is 32.2 Å². The number of halogens is 1. The van der Waals surface area contributed by atoms with Crippen molar-refractivity contribution in [2.75, 3.05) is 45.2 Å². The largest absolute Gasteiger partial charge is 0.465 e. The number of benzene rings is 1. The number of carbonyl (C=O) groups is 2. The smallest absolute Gasteiger partial charge is 0.340 e. The molecule has 0 spiro atoms.